The normalized spacial score (nSPS) is 18.1. The minimum Gasteiger partial charge on any atom is -0.487 e. The number of aromatic nitrogens is 2. The van der Waals surface area contributed by atoms with Crippen LogP contribution in [0, 0.1) is 0 Å². The summed E-state index contributed by atoms with van der Waals surface area (Å²) in [6, 6.07) is 0. The zero-order valence-electron chi connectivity index (χ0n) is 7.95. The molecule has 0 spiro atoms. The van der Waals surface area contributed by atoms with E-state index in [0.29, 0.717) is 6.10 Å². The van der Waals surface area contributed by atoms with Crippen molar-refractivity contribution in [1.82, 2.24) is 9.97 Å². The molecule has 1 aromatic rings. The molecule has 76 valence electrons. The van der Waals surface area contributed by atoms with Crippen LogP contribution in [0.5, 0.6) is 5.75 Å². The van der Waals surface area contributed by atoms with Gasteiger partial charge in [-0.1, -0.05) is 6.42 Å². The van der Waals surface area contributed by atoms with Crippen molar-refractivity contribution in [1.29, 1.82) is 0 Å². The number of halogens is 1. The van der Waals surface area contributed by atoms with Gasteiger partial charge in [-0.25, -0.2) is 9.97 Å². The molecule has 0 aromatic carbocycles. The van der Waals surface area contributed by atoms with E-state index in [1.54, 1.807) is 12.4 Å². The van der Waals surface area contributed by atoms with Gasteiger partial charge in [0, 0.05) is 0 Å². The molecule has 4 heteroatoms. The molecule has 0 saturated heterocycles. The molecule has 3 nitrogen and oxygen atoms in total. The zero-order chi connectivity index (χ0) is 9.80. The first-order chi connectivity index (χ1) is 6.84. The van der Waals surface area contributed by atoms with E-state index in [4.69, 9.17) is 16.3 Å². The first-order valence-corrected chi connectivity index (χ1v) is 5.36. The Balaban J connectivity index is 1.92. The molecule has 0 N–H and O–H groups in total. The molecule has 1 aliphatic carbocycles. The van der Waals surface area contributed by atoms with Crippen LogP contribution in [0.25, 0.3) is 0 Å². The lowest BCUT2D eigenvalue weighted by Crippen LogP contribution is -2.19. The maximum absolute atomic E-state index is 5.73. The van der Waals surface area contributed by atoms with Gasteiger partial charge in [-0.3, -0.25) is 0 Å². The smallest absolute Gasteiger partial charge is 0.222 e. The fraction of sp³-hybridized carbons (Fsp3) is 0.600. The van der Waals surface area contributed by atoms with Crippen molar-refractivity contribution in [2.24, 2.45) is 0 Å². The van der Waals surface area contributed by atoms with Gasteiger partial charge in [0.15, 0.2) is 5.75 Å². The maximum atomic E-state index is 5.73. The van der Waals surface area contributed by atoms with Gasteiger partial charge in [-0.05, 0) is 37.3 Å². The molecule has 1 saturated carbocycles. The molecule has 0 aliphatic heterocycles. The van der Waals surface area contributed by atoms with Crippen LogP contribution in [0.1, 0.15) is 32.1 Å². The quantitative estimate of drug-likeness (QED) is 0.708. The van der Waals surface area contributed by atoms with Gasteiger partial charge in [-0.15, -0.1) is 0 Å². The van der Waals surface area contributed by atoms with Gasteiger partial charge in [0.1, 0.15) is 0 Å². The zero-order valence-corrected chi connectivity index (χ0v) is 8.70. The lowest BCUT2D eigenvalue weighted by molar-refractivity contribution is 0.154. The number of hydrogen-bond acceptors (Lipinski definition) is 3. The number of hydrogen-bond donors (Lipinski definition) is 0. The van der Waals surface area contributed by atoms with Crippen molar-refractivity contribution in [2.75, 3.05) is 0 Å². The van der Waals surface area contributed by atoms with Crippen LogP contribution in [0.2, 0.25) is 5.28 Å². The van der Waals surface area contributed by atoms with E-state index in [9.17, 15) is 0 Å². The molecule has 0 atom stereocenters. The highest BCUT2D eigenvalue weighted by Gasteiger charge is 2.14. The summed E-state index contributed by atoms with van der Waals surface area (Å²) in [4.78, 5) is 7.75. The molecule has 1 aromatic heterocycles. The molecule has 0 unspecified atom stereocenters. The molecule has 0 bridgehead atoms. The van der Waals surface area contributed by atoms with E-state index in [-0.39, 0.29) is 5.28 Å². The van der Waals surface area contributed by atoms with Crippen molar-refractivity contribution in [2.45, 2.75) is 38.2 Å². The molecule has 1 aliphatic rings. The van der Waals surface area contributed by atoms with E-state index in [0.717, 1.165) is 18.6 Å². The Bertz CT molecular complexity index is 283. The maximum Gasteiger partial charge on any atom is 0.222 e. The van der Waals surface area contributed by atoms with Crippen molar-refractivity contribution in [3.63, 3.8) is 0 Å². The number of ether oxygens (including phenoxy) is 1. The topological polar surface area (TPSA) is 35.0 Å². The van der Waals surface area contributed by atoms with Crippen molar-refractivity contribution < 1.29 is 4.74 Å². The molecule has 14 heavy (non-hydrogen) atoms. The summed E-state index contributed by atoms with van der Waals surface area (Å²) in [5, 5.41) is 0.265. The highest BCUT2D eigenvalue weighted by molar-refractivity contribution is 6.28. The average molecular weight is 213 g/mol. The van der Waals surface area contributed by atoms with Gasteiger partial charge in [0.2, 0.25) is 5.28 Å². The Morgan fingerprint density at radius 1 is 1.14 bits per heavy atom. The average Bonchev–Trinajstić information content (AvgIpc) is 2.23. The predicted molar refractivity (Wildman–Crippen MR) is 54.5 cm³/mol. The molecule has 2 rings (SSSR count). The van der Waals surface area contributed by atoms with Crippen LogP contribution in [0.3, 0.4) is 0 Å². The summed E-state index contributed by atoms with van der Waals surface area (Å²) < 4.78 is 5.73. The molecule has 0 radical (unpaired) electrons. The fourth-order valence-electron chi connectivity index (χ4n) is 1.74. The van der Waals surface area contributed by atoms with Crippen molar-refractivity contribution in [3.05, 3.63) is 17.7 Å². The molecule has 0 amide bonds. The second-order valence-corrected chi connectivity index (χ2v) is 3.90. The second-order valence-electron chi connectivity index (χ2n) is 3.57. The van der Waals surface area contributed by atoms with Gasteiger partial charge in [0.25, 0.3) is 0 Å². The molecular weight excluding hydrogens is 200 g/mol. The number of nitrogens with zero attached hydrogens (tertiary/aromatic N) is 2. The minimum atomic E-state index is 0.265. The number of rotatable bonds is 2. The van der Waals surface area contributed by atoms with Crippen molar-refractivity contribution >= 4 is 11.6 Å². The largest absolute Gasteiger partial charge is 0.487 e. The van der Waals surface area contributed by atoms with Gasteiger partial charge < -0.3 is 4.74 Å². The summed E-state index contributed by atoms with van der Waals surface area (Å²) in [7, 11) is 0. The Hall–Kier alpha value is -0.830. The van der Waals surface area contributed by atoms with Crippen LogP contribution < -0.4 is 4.74 Å². The Morgan fingerprint density at radius 3 is 2.43 bits per heavy atom. The Labute approximate surface area is 88.5 Å². The van der Waals surface area contributed by atoms with Crippen LogP contribution >= 0.6 is 11.6 Å². The van der Waals surface area contributed by atoms with Gasteiger partial charge in [-0.2, -0.15) is 0 Å². The predicted octanol–water partition coefficient (Wildman–Crippen LogP) is 2.84. The van der Waals surface area contributed by atoms with E-state index < -0.39 is 0 Å². The Morgan fingerprint density at radius 2 is 1.79 bits per heavy atom. The molecule has 1 heterocycles. The molecular formula is C10H13ClN2O. The van der Waals surface area contributed by atoms with Gasteiger partial charge in [0.05, 0.1) is 18.5 Å². The first-order valence-electron chi connectivity index (χ1n) is 4.99. The monoisotopic (exact) mass is 212 g/mol. The molecule has 1 fully saturated rings. The standard InChI is InChI=1S/C10H13ClN2O/c11-10-12-6-9(7-13-10)14-8-4-2-1-3-5-8/h6-8H,1-5H2. The van der Waals surface area contributed by atoms with Gasteiger partial charge >= 0.3 is 0 Å². The summed E-state index contributed by atoms with van der Waals surface area (Å²) in [6.07, 6.45) is 9.74. The van der Waals surface area contributed by atoms with E-state index in [1.165, 1.54) is 19.3 Å². The SMILES string of the molecule is Clc1ncc(OC2CCCCC2)cn1. The highest BCUT2D eigenvalue weighted by Crippen LogP contribution is 2.22. The van der Waals surface area contributed by atoms with E-state index in [2.05, 4.69) is 9.97 Å². The third-order valence-corrected chi connectivity index (χ3v) is 2.65. The van der Waals surface area contributed by atoms with E-state index in [1.807, 2.05) is 0 Å². The third-order valence-electron chi connectivity index (χ3n) is 2.45. The van der Waals surface area contributed by atoms with Crippen LogP contribution in [0.15, 0.2) is 12.4 Å². The van der Waals surface area contributed by atoms with Crippen LogP contribution in [-0.2, 0) is 0 Å². The lowest BCUT2D eigenvalue weighted by atomic mass is 9.98. The fourth-order valence-corrected chi connectivity index (χ4v) is 1.83. The third kappa shape index (κ3) is 2.58. The second kappa shape index (κ2) is 4.60. The minimum absolute atomic E-state index is 0.265. The summed E-state index contributed by atoms with van der Waals surface area (Å²) in [6.45, 7) is 0. The lowest BCUT2D eigenvalue weighted by Gasteiger charge is -2.22. The van der Waals surface area contributed by atoms with Crippen LogP contribution in [-0.4, -0.2) is 16.1 Å². The first kappa shape index (κ1) is 9.71. The summed E-state index contributed by atoms with van der Waals surface area (Å²) >= 11 is 5.58. The Kier molecular flexibility index (Phi) is 3.19. The highest BCUT2D eigenvalue weighted by atomic mass is 35.5. The van der Waals surface area contributed by atoms with Crippen molar-refractivity contribution in [3.8, 4) is 5.75 Å². The van der Waals surface area contributed by atoms with Crippen LogP contribution in [0.4, 0.5) is 0 Å². The summed E-state index contributed by atoms with van der Waals surface area (Å²) in [5.41, 5.74) is 0. The summed E-state index contributed by atoms with van der Waals surface area (Å²) in [5.74, 6) is 0.723. The van der Waals surface area contributed by atoms with E-state index >= 15 is 0 Å².